The van der Waals surface area contributed by atoms with E-state index in [1.54, 1.807) is 0 Å². The molecule has 126 valence electrons. The highest BCUT2D eigenvalue weighted by Crippen LogP contribution is 2.22. The van der Waals surface area contributed by atoms with Gasteiger partial charge in [0.05, 0.1) is 0 Å². The van der Waals surface area contributed by atoms with Crippen molar-refractivity contribution in [3.8, 4) is 5.75 Å². The van der Waals surface area contributed by atoms with Crippen LogP contribution in [0.2, 0.25) is 0 Å². The van der Waals surface area contributed by atoms with Gasteiger partial charge in [-0.15, -0.1) is 0 Å². The molecule has 4 rings (SSSR count). The van der Waals surface area contributed by atoms with E-state index in [1.165, 1.54) is 0 Å². The van der Waals surface area contributed by atoms with Gasteiger partial charge in [-0.1, -0.05) is 18.2 Å². The second-order valence-corrected chi connectivity index (χ2v) is 6.38. The van der Waals surface area contributed by atoms with Gasteiger partial charge >= 0.3 is 0 Å². The summed E-state index contributed by atoms with van der Waals surface area (Å²) in [5, 5.41) is 10.6. The number of nitrogens with one attached hydrogen (secondary N) is 2. The van der Waals surface area contributed by atoms with Crippen LogP contribution in [0.25, 0.3) is 0 Å². The predicted octanol–water partition coefficient (Wildman–Crippen LogP) is 1.74. The SMILES string of the molecule is O=C(c1n[nH]c2c1CNCC2)N1CCC(Oc2ccccc2)CC1. The molecule has 1 aromatic heterocycles. The van der Waals surface area contributed by atoms with Gasteiger partial charge in [0.2, 0.25) is 0 Å². The number of aromatic amines is 1. The minimum Gasteiger partial charge on any atom is -0.490 e. The molecule has 0 spiro atoms. The van der Waals surface area contributed by atoms with Crippen LogP contribution in [0.15, 0.2) is 30.3 Å². The quantitative estimate of drug-likeness (QED) is 0.901. The van der Waals surface area contributed by atoms with Gasteiger partial charge in [-0.25, -0.2) is 0 Å². The van der Waals surface area contributed by atoms with Crippen molar-refractivity contribution < 1.29 is 9.53 Å². The number of hydrogen-bond donors (Lipinski definition) is 2. The summed E-state index contributed by atoms with van der Waals surface area (Å²) in [5.74, 6) is 0.934. The molecular weight excluding hydrogens is 304 g/mol. The minimum absolute atomic E-state index is 0.0364. The molecule has 1 saturated heterocycles. The smallest absolute Gasteiger partial charge is 0.274 e. The Balaban J connectivity index is 1.37. The van der Waals surface area contributed by atoms with Crippen molar-refractivity contribution in [3.05, 3.63) is 47.3 Å². The van der Waals surface area contributed by atoms with Crippen LogP contribution in [-0.4, -0.2) is 46.7 Å². The van der Waals surface area contributed by atoms with Crippen molar-refractivity contribution in [1.29, 1.82) is 0 Å². The molecule has 2 aliphatic heterocycles. The molecule has 24 heavy (non-hydrogen) atoms. The molecule has 0 radical (unpaired) electrons. The number of para-hydroxylation sites is 1. The fourth-order valence-corrected chi connectivity index (χ4v) is 3.42. The molecule has 0 bridgehead atoms. The predicted molar refractivity (Wildman–Crippen MR) is 90.0 cm³/mol. The first kappa shape index (κ1) is 15.2. The lowest BCUT2D eigenvalue weighted by atomic mass is 10.0. The van der Waals surface area contributed by atoms with Gasteiger partial charge in [0.15, 0.2) is 5.69 Å². The Hall–Kier alpha value is -2.34. The van der Waals surface area contributed by atoms with Crippen LogP contribution in [0.3, 0.4) is 0 Å². The van der Waals surface area contributed by atoms with Crippen LogP contribution in [0.1, 0.15) is 34.6 Å². The minimum atomic E-state index is 0.0364. The molecule has 2 aliphatic rings. The number of piperidine rings is 1. The third-order valence-electron chi connectivity index (χ3n) is 4.78. The van der Waals surface area contributed by atoms with Crippen LogP contribution in [0, 0.1) is 0 Å². The fourth-order valence-electron chi connectivity index (χ4n) is 3.42. The molecule has 6 heteroatoms. The summed E-state index contributed by atoms with van der Waals surface area (Å²) < 4.78 is 5.99. The summed E-state index contributed by atoms with van der Waals surface area (Å²) in [6.07, 6.45) is 2.78. The number of H-pyrrole nitrogens is 1. The van der Waals surface area contributed by atoms with Crippen LogP contribution >= 0.6 is 0 Å². The molecule has 1 amide bonds. The molecule has 6 nitrogen and oxygen atoms in total. The Morgan fingerprint density at radius 3 is 2.79 bits per heavy atom. The zero-order valence-electron chi connectivity index (χ0n) is 13.6. The summed E-state index contributed by atoms with van der Waals surface area (Å²) >= 11 is 0. The molecule has 2 aromatic rings. The number of carbonyl (C=O) groups excluding carboxylic acids is 1. The van der Waals surface area contributed by atoms with Gasteiger partial charge in [0.25, 0.3) is 5.91 Å². The number of benzene rings is 1. The normalized spacial score (nSPS) is 18.2. The Labute approximate surface area is 141 Å². The molecule has 0 unspecified atom stereocenters. The summed E-state index contributed by atoms with van der Waals surface area (Å²) in [5.41, 5.74) is 2.72. The van der Waals surface area contributed by atoms with E-state index < -0.39 is 0 Å². The zero-order chi connectivity index (χ0) is 16.4. The van der Waals surface area contributed by atoms with Crippen molar-refractivity contribution in [2.45, 2.75) is 31.9 Å². The van der Waals surface area contributed by atoms with E-state index in [0.29, 0.717) is 18.8 Å². The number of ether oxygens (including phenoxy) is 1. The number of aromatic nitrogens is 2. The lowest BCUT2D eigenvalue weighted by Gasteiger charge is -2.32. The maximum absolute atomic E-state index is 12.8. The maximum Gasteiger partial charge on any atom is 0.274 e. The van der Waals surface area contributed by atoms with Gasteiger partial charge < -0.3 is 15.0 Å². The van der Waals surface area contributed by atoms with E-state index in [-0.39, 0.29) is 12.0 Å². The first-order chi connectivity index (χ1) is 11.8. The number of rotatable bonds is 3. The summed E-state index contributed by atoms with van der Waals surface area (Å²) in [7, 11) is 0. The third kappa shape index (κ3) is 3.01. The molecular formula is C18H22N4O2. The van der Waals surface area contributed by atoms with E-state index in [1.807, 2.05) is 35.2 Å². The number of nitrogens with zero attached hydrogens (tertiary/aromatic N) is 2. The average Bonchev–Trinajstić information content (AvgIpc) is 3.07. The average molecular weight is 326 g/mol. The van der Waals surface area contributed by atoms with Gasteiger partial charge in [-0.3, -0.25) is 9.89 Å². The molecule has 1 fully saturated rings. The second-order valence-electron chi connectivity index (χ2n) is 6.38. The van der Waals surface area contributed by atoms with Gasteiger partial charge in [0.1, 0.15) is 11.9 Å². The lowest BCUT2D eigenvalue weighted by molar-refractivity contribution is 0.0589. The highest BCUT2D eigenvalue weighted by Gasteiger charge is 2.29. The highest BCUT2D eigenvalue weighted by molar-refractivity contribution is 5.94. The number of hydrogen-bond acceptors (Lipinski definition) is 4. The van der Waals surface area contributed by atoms with Gasteiger partial charge in [-0.2, -0.15) is 5.10 Å². The maximum atomic E-state index is 12.8. The molecule has 0 aliphatic carbocycles. The largest absolute Gasteiger partial charge is 0.490 e. The number of carbonyl (C=O) groups is 1. The Morgan fingerprint density at radius 1 is 1.21 bits per heavy atom. The molecule has 1 aromatic carbocycles. The molecule has 3 heterocycles. The molecule has 2 N–H and O–H groups in total. The lowest BCUT2D eigenvalue weighted by Crippen LogP contribution is -2.42. The first-order valence-corrected chi connectivity index (χ1v) is 8.59. The molecule has 0 atom stereocenters. The van der Waals surface area contributed by atoms with E-state index in [2.05, 4.69) is 15.5 Å². The van der Waals surface area contributed by atoms with Crippen molar-refractivity contribution in [1.82, 2.24) is 20.4 Å². The number of fused-ring (bicyclic) bond motifs is 1. The summed E-state index contributed by atoms with van der Waals surface area (Å²) in [4.78, 5) is 14.7. The van der Waals surface area contributed by atoms with Gasteiger partial charge in [-0.05, 0) is 12.1 Å². The van der Waals surface area contributed by atoms with E-state index in [4.69, 9.17) is 4.74 Å². The Bertz CT molecular complexity index is 705. The van der Waals surface area contributed by atoms with Crippen molar-refractivity contribution >= 4 is 5.91 Å². The van der Waals surface area contributed by atoms with E-state index >= 15 is 0 Å². The summed E-state index contributed by atoms with van der Waals surface area (Å²) in [6, 6.07) is 9.88. The van der Waals surface area contributed by atoms with Crippen LogP contribution in [0.5, 0.6) is 5.75 Å². The topological polar surface area (TPSA) is 70.2 Å². The third-order valence-corrected chi connectivity index (χ3v) is 4.78. The first-order valence-electron chi connectivity index (χ1n) is 8.59. The Kier molecular flexibility index (Phi) is 4.21. The molecule has 0 saturated carbocycles. The monoisotopic (exact) mass is 326 g/mol. The van der Waals surface area contributed by atoms with E-state index in [9.17, 15) is 4.79 Å². The fraction of sp³-hybridized carbons (Fsp3) is 0.444. The van der Waals surface area contributed by atoms with Crippen molar-refractivity contribution in [2.75, 3.05) is 19.6 Å². The standard InChI is InChI=1S/C18H22N4O2/c23-18(17-15-12-19-9-6-16(15)20-21-17)22-10-7-14(8-11-22)24-13-4-2-1-3-5-13/h1-5,14,19H,6-12H2,(H,20,21). The van der Waals surface area contributed by atoms with Crippen LogP contribution < -0.4 is 10.1 Å². The van der Waals surface area contributed by atoms with E-state index in [0.717, 1.165) is 49.4 Å². The highest BCUT2D eigenvalue weighted by atomic mass is 16.5. The Morgan fingerprint density at radius 2 is 2.00 bits per heavy atom. The van der Waals surface area contributed by atoms with Crippen LogP contribution in [-0.2, 0) is 13.0 Å². The van der Waals surface area contributed by atoms with Crippen LogP contribution in [0.4, 0.5) is 0 Å². The zero-order valence-corrected chi connectivity index (χ0v) is 13.6. The van der Waals surface area contributed by atoms with Gasteiger partial charge in [0, 0.05) is 56.7 Å². The number of likely N-dealkylation sites (tertiary alicyclic amines) is 1. The summed E-state index contributed by atoms with van der Waals surface area (Å²) in [6.45, 7) is 3.09. The van der Waals surface area contributed by atoms with Crippen molar-refractivity contribution in [2.24, 2.45) is 0 Å². The van der Waals surface area contributed by atoms with Crippen molar-refractivity contribution in [3.63, 3.8) is 0 Å². The second kappa shape index (κ2) is 6.65. The number of amides is 1.